The summed E-state index contributed by atoms with van der Waals surface area (Å²) in [5.74, 6) is -0.274. The van der Waals surface area contributed by atoms with Gasteiger partial charge in [-0.3, -0.25) is 25.0 Å². The molecule has 0 aliphatic heterocycles. The molecule has 0 aliphatic carbocycles. The summed E-state index contributed by atoms with van der Waals surface area (Å²) in [4.78, 5) is 32.8. The first-order valence-electron chi connectivity index (χ1n) is 8.41. The van der Waals surface area contributed by atoms with E-state index in [1.807, 2.05) is 0 Å². The second-order valence-corrected chi connectivity index (χ2v) is 6.50. The number of halogens is 1. The summed E-state index contributed by atoms with van der Waals surface area (Å²) in [6.45, 7) is 1.56. The maximum atomic E-state index is 12.4. The minimum absolute atomic E-state index is 0.0722. The van der Waals surface area contributed by atoms with Crippen LogP contribution in [-0.4, -0.2) is 25.5 Å². The number of aromatic nitrogens is 2. The van der Waals surface area contributed by atoms with Gasteiger partial charge in [0.05, 0.1) is 14.9 Å². The van der Waals surface area contributed by atoms with Gasteiger partial charge in [-0.25, -0.2) is 4.68 Å². The highest BCUT2D eigenvalue weighted by molar-refractivity contribution is 6.32. The van der Waals surface area contributed by atoms with Crippen LogP contribution in [0.3, 0.4) is 0 Å². The van der Waals surface area contributed by atoms with E-state index in [1.54, 1.807) is 6.92 Å². The van der Waals surface area contributed by atoms with Crippen molar-refractivity contribution in [3.63, 3.8) is 0 Å². The molecule has 11 nitrogen and oxygen atoms in total. The highest BCUT2D eigenvalue weighted by Crippen LogP contribution is 2.28. The van der Waals surface area contributed by atoms with Crippen molar-refractivity contribution in [2.24, 2.45) is 0 Å². The van der Waals surface area contributed by atoms with E-state index in [4.69, 9.17) is 16.3 Å². The number of benzene rings is 2. The summed E-state index contributed by atoms with van der Waals surface area (Å²) >= 11 is 5.97. The van der Waals surface area contributed by atoms with Gasteiger partial charge in [0.1, 0.15) is 5.75 Å². The van der Waals surface area contributed by atoms with Crippen LogP contribution < -0.4 is 10.1 Å². The summed E-state index contributed by atoms with van der Waals surface area (Å²) in [5.41, 5.74) is 0.831. The zero-order valence-electron chi connectivity index (χ0n) is 15.4. The second-order valence-electron chi connectivity index (χ2n) is 6.10. The molecule has 3 aromatic rings. The topological polar surface area (TPSA) is 142 Å². The van der Waals surface area contributed by atoms with Crippen molar-refractivity contribution < 1.29 is 19.4 Å². The van der Waals surface area contributed by atoms with Crippen molar-refractivity contribution >= 4 is 34.6 Å². The third kappa shape index (κ3) is 4.70. The number of hydrogen-bond donors (Lipinski definition) is 1. The minimum Gasteiger partial charge on any atom is -0.470 e. The van der Waals surface area contributed by atoms with Crippen LogP contribution in [0.2, 0.25) is 5.02 Å². The Morgan fingerprint density at radius 3 is 2.43 bits per heavy atom. The van der Waals surface area contributed by atoms with E-state index in [1.165, 1.54) is 53.3 Å². The quantitative estimate of drug-likeness (QED) is 0.440. The van der Waals surface area contributed by atoms with Gasteiger partial charge in [0.15, 0.2) is 12.4 Å². The molecule has 0 saturated carbocycles. The van der Waals surface area contributed by atoms with Crippen molar-refractivity contribution in [1.29, 1.82) is 0 Å². The SMILES string of the molecule is Cc1cc([N+](=O)[O-])ccc1NC(=O)c1ccn(COc2ccc([N+](=O)[O-])cc2Cl)n1. The molecule has 0 bridgehead atoms. The van der Waals surface area contributed by atoms with Gasteiger partial charge in [0.2, 0.25) is 0 Å². The fourth-order valence-corrected chi connectivity index (χ4v) is 2.73. The standard InChI is InChI=1S/C18H14ClN5O6/c1-11-8-12(23(26)27)2-4-15(11)20-18(25)16-6-7-22(21-16)10-30-17-5-3-13(24(28)29)9-14(17)19/h2-9H,10H2,1H3,(H,20,25). The van der Waals surface area contributed by atoms with E-state index >= 15 is 0 Å². The van der Waals surface area contributed by atoms with Gasteiger partial charge in [-0.2, -0.15) is 5.10 Å². The number of nitro groups is 2. The molecule has 1 N–H and O–H groups in total. The lowest BCUT2D eigenvalue weighted by Gasteiger charge is -2.08. The van der Waals surface area contributed by atoms with Crippen LogP contribution in [0.1, 0.15) is 16.1 Å². The highest BCUT2D eigenvalue weighted by atomic mass is 35.5. The fraction of sp³-hybridized carbons (Fsp3) is 0.111. The molecule has 0 radical (unpaired) electrons. The zero-order valence-corrected chi connectivity index (χ0v) is 16.2. The molecule has 12 heteroatoms. The average molecular weight is 432 g/mol. The molecule has 0 spiro atoms. The van der Waals surface area contributed by atoms with Crippen molar-refractivity contribution in [3.05, 3.63) is 85.2 Å². The third-order valence-electron chi connectivity index (χ3n) is 4.02. The number of nitro benzene ring substituents is 2. The maximum Gasteiger partial charge on any atom is 0.276 e. The molecule has 154 valence electrons. The molecule has 0 atom stereocenters. The van der Waals surface area contributed by atoms with E-state index in [0.717, 1.165) is 0 Å². The largest absolute Gasteiger partial charge is 0.470 e. The molecule has 0 fully saturated rings. The molecule has 30 heavy (non-hydrogen) atoms. The number of carbonyl (C=O) groups is 1. The molecule has 0 unspecified atom stereocenters. The van der Waals surface area contributed by atoms with Crippen molar-refractivity contribution in [2.75, 3.05) is 5.32 Å². The van der Waals surface area contributed by atoms with Crippen LogP contribution in [0.25, 0.3) is 0 Å². The van der Waals surface area contributed by atoms with Crippen LogP contribution in [0, 0.1) is 27.2 Å². The first-order chi connectivity index (χ1) is 14.2. The van der Waals surface area contributed by atoms with Gasteiger partial charge in [-0.1, -0.05) is 11.6 Å². The van der Waals surface area contributed by atoms with Crippen LogP contribution in [0.15, 0.2) is 48.7 Å². The summed E-state index contributed by atoms with van der Waals surface area (Å²) in [6, 6.07) is 9.37. The zero-order chi connectivity index (χ0) is 21.8. The molecule has 3 rings (SSSR count). The van der Waals surface area contributed by atoms with E-state index in [-0.39, 0.29) is 34.6 Å². The summed E-state index contributed by atoms with van der Waals surface area (Å²) in [7, 11) is 0. The highest BCUT2D eigenvalue weighted by Gasteiger charge is 2.14. The maximum absolute atomic E-state index is 12.4. The Kier molecular flexibility index (Phi) is 5.93. The monoisotopic (exact) mass is 431 g/mol. The van der Waals surface area contributed by atoms with Crippen molar-refractivity contribution in [3.8, 4) is 5.75 Å². The first-order valence-corrected chi connectivity index (χ1v) is 8.79. The predicted octanol–water partition coefficient (Wildman–Crippen LogP) is 3.95. The first kappa shape index (κ1) is 20.7. The smallest absolute Gasteiger partial charge is 0.276 e. The van der Waals surface area contributed by atoms with Crippen LogP contribution >= 0.6 is 11.6 Å². The van der Waals surface area contributed by atoms with E-state index in [2.05, 4.69) is 10.4 Å². The molecule has 1 aromatic heterocycles. The normalized spacial score (nSPS) is 10.5. The number of carbonyl (C=O) groups excluding carboxylic acids is 1. The number of hydrogen-bond acceptors (Lipinski definition) is 7. The fourth-order valence-electron chi connectivity index (χ4n) is 2.50. The van der Waals surface area contributed by atoms with E-state index in [9.17, 15) is 25.0 Å². The Hall–Kier alpha value is -3.99. The molecule has 0 aliphatic rings. The Morgan fingerprint density at radius 2 is 1.80 bits per heavy atom. The molecule has 1 amide bonds. The molecular weight excluding hydrogens is 418 g/mol. The Labute approximate surface area is 174 Å². The number of ether oxygens (including phenoxy) is 1. The lowest BCUT2D eigenvalue weighted by atomic mass is 10.1. The molecule has 0 saturated heterocycles. The van der Waals surface area contributed by atoms with Gasteiger partial charge in [0, 0.05) is 36.1 Å². The van der Waals surface area contributed by atoms with Crippen molar-refractivity contribution in [1.82, 2.24) is 9.78 Å². The number of aryl methyl sites for hydroxylation is 1. The average Bonchev–Trinajstić information content (AvgIpc) is 3.17. The number of non-ortho nitro benzene ring substituents is 2. The van der Waals surface area contributed by atoms with Crippen LogP contribution in [-0.2, 0) is 6.73 Å². The number of amides is 1. The Bertz CT molecular complexity index is 1150. The summed E-state index contributed by atoms with van der Waals surface area (Å²) in [5, 5.41) is 28.3. The van der Waals surface area contributed by atoms with Crippen LogP contribution in [0.4, 0.5) is 17.1 Å². The predicted molar refractivity (Wildman–Crippen MR) is 107 cm³/mol. The number of anilines is 1. The van der Waals surface area contributed by atoms with Gasteiger partial charge in [-0.15, -0.1) is 0 Å². The lowest BCUT2D eigenvalue weighted by molar-refractivity contribution is -0.385. The summed E-state index contributed by atoms with van der Waals surface area (Å²) in [6.07, 6.45) is 1.51. The van der Waals surface area contributed by atoms with E-state index in [0.29, 0.717) is 11.3 Å². The molecular formula is C18H14ClN5O6. The van der Waals surface area contributed by atoms with Crippen LogP contribution in [0.5, 0.6) is 5.75 Å². The molecule has 1 heterocycles. The number of nitrogens with one attached hydrogen (secondary N) is 1. The lowest BCUT2D eigenvalue weighted by Crippen LogP contribution is -2.15. The summed E-state index contributed by atoms with van der Waals surface area (Å²) < 4.78 is 6.82. The number of rotatable bonds is 7. The van der Waals surface area contributed by atoms with Gasteiger partial charge >= 0.3 is 0 Å². The van der Waals surface area contributed by atoms with Crippen molar-refractivity contribution in [2.45, 2.75) is 13.7 Å². The second kappa shape index (κ2) is 8.57. The molecule has 2 aromatic carbocycles. The Morgan fingerprint density at radius 1 is 1.13 bits per heavy atom. The number of nitrogens with zero attached hydrogens (tertiary/aromatic N) is 4. The van der Waals surface area contributed by atoms with Gasteiger partial charge in [-0.05, 0) is 30.7 Å². The van der Waals surface area contributed by atoms with Gasteiger partial charge in [0.25, 0.3) is 17.3 Å². The Balaban J connectivity index is 1.64. The van der Waals surface area contributed by atoms with E-state index < -0.39 is 15.8 Å². The third-order valence-corrected chi connectivity index (χ3v) is 4.32. The minimum atomic E-state index is -0.569. The van der Waals surface area contributed by atoms with Gasteiger partial charge < -0.3 is 10.1 Å².